The molecule has 1 aliphatic heterocycles. The number of nitrogens with zero attached hydrogens (tertiary/aromatic N) is 2. The van der Waals surface area contributed by atoms with Crippen molar-refractivity contribution in [3.05, 3.63) is 0 Å². The van der Waals surface area contributed by atoms with Crippen LogP contribution in [0.25, 0.3) is 0 Å². The molecule has 0 bridgehead atoms. The molecule has 0 aromatic carbocycles. The van der Waals surface area contributed by atoms with Gasteiger partial charge in [0.25, 0.3) is 0 Å². The highest BCUT2D eigenvalue weighted by Gasteiger charge is 2.26. The molecular formula is C11H22N2O2. The average Bonchev–Trinajstić information content (AvgIpc) is 2.16. The quantitative estimate of drug-likeness (QED) is 0.728. The van der Waals surface area contributed by atoms with Gasteiger partial charge in [-0.2, -0.15) is 0 Å². The molecule has 1 fully saturated rings. The summed E-state index contributed by atoms with van der Waals surface area (Å²) in [4.78, 5) is 15.6. The number of hydrogen-bond donors (Lipinski definition) is 1. The molecule has 0 aromatic rings. The second kappa shape index (κ2) is 5.47. The Kier molecular flexibility index (Phi) is 4.54. The second-order valence-corrected chi connectivity index (χ2v) is 4.68. The van der Waals surface area contributed by atoms with Gasteiger partial charge in [0.15, 0.2) is 0 Å². The highest BCUT2D eigenvalue weighted by Crippen LogP contribution is 2.18. The van der Waals surface area contributed by atoms with Crippen LogP contribution in [0.3, 0.4) is 0 Å². The number of carbonyl (C=O) groups is 1. The van der Waals surface area contributed by atoms with Gasteiger partial charge in [-0.05, 0) is 26.3 Å². The number of piperidine rings is 1. The molecule has 4 nitrogen and oxygen atoms in total. The Morgan fingerprint density at radius 1 is 1.60 bits per heavy atom. The van der Waals surface area contributed by atoms with E-state index in [1.54, 1.807) is 25.9 Å². The van der Waals surface area contributed by atoms with E-state index in [1.165, 1.54) is 0 Å². The zero-order valence-corrected chi connectivity index (χ0v) is 9.94. The van der Waals surface area contributed by atoms with Crippen LogP contribution in [0.4, 0.5) is 0 Å². The largest absolute Gasteiger partial charge is 0.392 e. The summed E-state index contributed by atoms with van der Waals surface area (Å²) in [5.41, 5.74) is 0. The number of hydrogen-bond acceptors (Lipinski definition) is 3. The van der Waals surface area contributed by atoms with E-state index in [0.717, 1.165) is 25.9 Å². The van der Waals surface area contributed by atoms with E-state index in [0.29, 0.717) is 6.54 Å². The van der Waals surface area contributed by atoms with Gasteiger partial charge in [-0.15, -0.1) is 0 Å². The Morgan fingerprint density at radius 3 is 2.80 bits per heavy atom. The normalized spacial score (nSPS) is 24.9. The van der Waals surface area contributed by atoms with Gasteiger partial charge >= 0.3 is 0 Å². The Bertz CT molecular complexity index is 217. The molecule has 1 saturated heterocycles. The van der Waals surface area contributed by atoms with Gasteiger partial charge in [0, 0.05) is 27.2 Å². The van der Waals surface area contributed by atoms with E-state index in [1.807, 2.05) is 0 Å². The standard InChI is InChI=1S/C11H22N2O2/c1-9(14)7-13-6-4-5-10(8-13)11(15)12(2)3/h9-10,14H,4-8H2,1-3H3. The molecule has 0 radical (unpaired) electrons. The summed E-state index contributed by atoms with van der Waals surface area (Å²) >= 11 is 0. The van der Waals surface area contributed by atoms with Gasteiger partial charge in [-0.3, -0.25) is 9.69 Å². The third kappa shape index (κ3) is 3.80. The lowest BCUT2D eigenvalue weighted by molar-refractivity contribution is -0.134. The van der Waals surface area contributed by atoms with E-state index in [-0.39, 0.29) is 17.9 Å². The van der Waals surface area contributed by atoms with Gasteiger partial charge in [-0.25, -0.2) is 0 Å². The minimum Gasteiger partial charge on any atom is -0.392 e. The van der Waals surface area contributed by atoms with Crippen LogP contribution < -0.4 is 0 Å². The first kappa shape index (κ1) is 12.5. The lowest BCUT2D eigenvalue weighted by atomic mass is 9.96. The van der Waals surface area contributed by atoms with Crippen molar-refractivity contribution in [3.63, 3.8) is 0 Å². The fourth-order valence-corrected chi connectivity index (χ4v) is 2.16. The first-order valence-electron chi connectivity index (χ1n) is 5.62. The molecule has 1 aliphatic rings. The van der Waals surface area contributed by atoms with E-state index in [4.69, 9.17) is 0 Å². The van der Waals surface area contributed by atoms with Gasteiger partial charge in [-0.1, -0.05) is 0 Å². The van der Waals surface area contributed by atoms with E-state index in [9.17, 15) is 9.90 Å². The third-order valence-electron chi connectivity index (χ3n) is 2.82. The monoisotopic (exact) mass is 214 g/mol. The summed E-state index contributed by atoms with van der Waals surface area (Å²) in [5, 5.41) is 9.30. The van der Waals surface area contributed by atoms with Crippen LogP contribution >= 0.6 is 0 Å². The maximum atomic E-state index is 11.8. The minimum absolute atomic E-state index is 0.118. The topological polar surface area (TPSA) is 43.8 Å². The Balaban J connectivity index is 2.45. The molecule has 1 amide bonds. The third-order valence-corrected chi connectivity index (χ3v) is 2.82. The Labute approximate surface area is 91.9 Å². The highest BCUT2D eigenvalue weighted by atomic mass is 16.3. The summed E-state index contributed by atoms with van der Waals surface area (Å²) < 4.78 is 0. The molecule has 1 N–H and O–H groups in total. The van der Waals surface area contributed by atoms with Crippen molar-refractivity contribution in [2.45, 2.75) is 25.9 Å². The van der Waals surface area contributed by atoms with Crippen molar-refractivity contribution in [1.29, 1.82) is 0 Å². The second-order valence-electron chi connectivity index (χ2n) is 4.68. The van der Waals surface area contributed by atoms with E-state index in [2.05, 4.69) is 4.90 Å². The zero-order valence-electron chi connectivity index (χ0n) is 9.94. The number of β-amino-alcohol motifs (C(OH)–C–C–N with tert-alkyl or cyclic N) is 1. The molecule has 0 spiro atoms. The number of rotatable bonds is 3. The van der Waals surface area contributed by atoms with Crippen molar-refractivity contribution in [1.82, 2.24) is 9.80 Å². The molecule has 2 atom stereocenters. The predicted octanol–water partition coefficient (Wildman–Crippen LogP) is 0.167. The molecule has 0 aliphatic carbocycles. The smallest absolute Gasteiger partial charge is 0.226 e. The Morgan fingerprint density at radius 2 is 2.27 bits per heavy atom. The summed E-state index contributed by atoms with van der Waals surface area (Å²) in [6.45, 7) is 4.26. The van der Waals surface area contributed by atoms with Crippen LogP contribution in [-0.2, 0) is 4.79 Å². The molecule has 0 saturated carbocycles. The SMILES string of the molecule is CC(O)CN1CCCC(C(=O)N(C)C)C1. The van der Waals surface area contributed by atoms with Crippen molar-refractivity contribution in [2.75, 3.05) is 33.7 Å². The van der Waals surface area contributed by atoms with Crippen LogP contribution in [0.1, 0.15) is 19.8 Å². The summed E-state index contributed by atoms with van der Waals surface area (Å²) in [6, 6.07) is 0. The van der Waals surface area contributed by atoms with Gasteiger partial charge < -0.3 is 10.0 Å². The molecule has 15 heavy (non-hydrogen) atoms. The van der Waals surface area contributed by atoms with Crippen LogP contribution in [-0.4, -0.2) is 60.6 Å². The van der Waals surface area contributed by atoms with Gasteiger partial charge in [0.1, 0.15) is 0 Å². The fourth-order valence-electron chi connectivity index (χ4n) is 2.16. The minimum atomic E-state index is -0.307. The molecule has 1 heterocycles. The van der Waals surface area contributed by atoms with E-state index < -0.39 is 0 Å². The maximum Gasteiger partial charge on any atom is 0.226 e. The summed E-state index contributed by atoms with van der Waals surface area (Å²) in [7, 11) is 3.60. The number of aliphatic hydroxyl groups excluding tert-OH is 1. The van der Waals surface area contributed by atoms with Crippen LogP contribution in [0, 0.1) is 5.92 Å². The van der Waals surface area contributed by atoms with Crippen LogP contribution in [0.15, 0.2) is 0 Å². The molecule has 1 rings (SSSR count). The highest BCUT2D eigenvalue weighted by molar-refractivity contribution is 5.78. The van der Waals surface area contributed by atoms with Crippen LogP contribution in [0.2, 0.25) is 0 Å². The molecule has 4 heteroatoms. The van der Waals surface area contributed by atoms with E-state index >= 15 is 0 Å². The fraction of sp³-hybridized carbons (Fsp3) is 0.909. The molecule has 2 unspecified atom stereocenters. The Hall–Kier alpha value is -0.610. The van der Waals surface area contributed by atoms with Crippen molar-refractivity contribution in [3.8, 4) is 0 Å². The summed E-state index contributed by atoms with van der Waals surface area (Å²) in [6.07, 6.45) is 1.72. The molecule has 0 aromatic heterocycles. The zero-order chi connectivity index (χ0) is 11.4. The maximum absolute atomic E-state index is 11.8. The molecule has 88 valence electrons. The lowest BCUT2D eigenvalue weighted by Gasteiger charge is -2.33. The molecular weight excluding hydrogens is 192 g/mol. The first-order valence-corrected chi connectivity index (χ1v) is 5.62. The number of likely N-dealkylation sites (tertiary alicyclic amines) is 1. The average molecular weight is 214 g/mol. The van der Waals surface area contributed by atoms with Crippen molar-refractivity contribution >= 4 is 5.91 Å². The number of aliphatic hydroxyl groups is 1. The van der Waals surface area contributed by atoms with Gasteiger partial charge in [0.2, 0.25) is 5.91 Å². The lowest BCUT2D eigenvalue weighted by Crippen LogP contribution is -2.44. The van der Waals surface area contributed by atoms with Crippen molar-refractivity contribution in [2.24, 2.45) is 5.92 Å². The number of carbonyl (C=O) groups excluding carboxylic acids is 1. The van der Waals surface area contributed by atoms with Crippen molar-refractivity contribution < 1.29 is 9.90 Å². The summed E-state index contributed by atoms with van der Waals surface area (Å²) in [5.74, 6) is 0.331. The predicted molar refractivity (Wildman–Crippen MR) is 59.5 cm³/mol. The van der Waals surface area contributed by atoms with Crippen LogP contribution in [0.5, 0.6) is 0 Å². The number of amides is 1. The van der Waals surface area contributed by atoms with Gasteiger partial charge in [0.05, 0.1) is 12.0 Å². The first-order chi connectivity index (χ1) is 7.00.